The van der Waals surface area contributed by atoms with Crippen molar-refractivity contribution < 1.29 is 28.8 Å². The Bertz CT molecular complexity index is 933. The molecule has 1 aliphatic heterocycles. The maximum Gasteiger partial charge on any atom is 0.203 e. The number of allylic oxidation sites excluding steroid dienone is 1. The number of phenols is 1. The monoisotopic (exact) mass is 398 g/mol. The zero-order chi connectivity index (χ0) is 21.2. The SMILES string of the molecule is COc1cc(/C=C/C(=O)c2ccc3c(c2O)CCC(C)(C)O3)cc(OC)c1OC. The fourth-order valence-electron chi connectivity index (χ4n) is 3.39. The molecule has 0 saturated carbocycles. The molecule has 154 valence electrons. The summed E-state index contributed by atoms with van der Waals surface area (Å²) in [6.07, 6.45) is 4.49. The van der Waals surface area contributed by atoms with Gasteiger partial charge >= 0.3 is 0 Å². The Kier molecular flexibility index (Phi) is 5.73. The zero-order valence-electron chi connectivity index (χ0n) is 17.4. The van der Waals surface area contributed by atoms with Crippen molar-refractivity contribution in [3.05, 3.63) is 47.0 Å². The summed E-state index contributed by atoms with van der Waals surface area (Å²) in [7, 11) is 4.60. The third-order valence-corrected chi connectivity index (χ3v) is 4.98. The number of phenolic OH excluding ortho intramolecular Hbond substituents is 1. The fraction of sp³-hybridized carbons (Fsp3) is 0.348. The first kappa shape index (κ1) is 20.6. The Balaban J connectivity index is 1.89. The lowest BCUT2D eigenvalue weighted by Crippen LogP contribution is -2.32. The molecular weight excluding hydrogens is 372 g/mol. The average Bonchev–Trinajstić information content (AvgIpc) is 2.70. The molecule has 29 heavy (non-hydrogen) atoms. The fourth-order valence-corrected chi connectivity index (χ4v) is 3.39. The van der Waals surface area contributed by atoms with Crippen LogP contribution in [-0.4, -0.2) is 37.8 Å². The van der Waals surface area contributed by atoms with Crippen LogP contribution in [0.4, 0.5) is 0 Å². The smallest absolute Gasteiger partial charge is 0.203 e. The molecule has 1 heterocycles. The van der Waals surface area contributed by atoms with Crippen molar-refractivity contribution in [1.82, 2.24) is 0 Å². The van der Waals surface area contributed by atoms with Gasteiger partial charge < -0.3 is 24.1 Å². The lowest BCUT2D eigenvalue weighted by Gasteiger charge is -2.33. The van der Waals surface area contributed by atoms with Gasteiger partial charge in [0.15, 0.2) is 17.3 Å². The molecular formula is C23H26O6. The molecule has 0 aromatic heterocycles. The van der Waals surface area contributed by atoms with E-state index in [1.54, 1.807) is 30.3 Å². The molecule has 0 fully saturated rings. The first-order chi connectivity index (χ1) is 13.8. The summed E-state index contributed by atoms with van der Waals surface area (Å²) < 4.78 is 21.9. The van der Waals surface area contributed by atoms with Crippen LogP contribution in [0.5, 0.6) is 28.7 Å². The largest absolute Gasteiger partial charge is 0.507 e. The predicted octanol–water partition coefficient (Wildman–Crippen LogP) is 4.42. The minimum atomic E-state index is -0.302. The van der Waals surface area contributed by atoms with E-state index in [1.807, 2.05) is 13.8 Å². The molecule has 1 aliphatic rings. The highest BCUT2D eigenvalue weighted by atomic mass is 16.5. The lowest BCUT2D eigenvalue weighted by molar-refractivity contribution is 0.0836. The molecule has 6 nitrogen and oxygen atoms in total. The molecule has 0 atom stereocenters. The minimum Gasteiger partial charge on any atom is -0.507 e. The van der Waals surface area contributed by atoms with Gasteiger partial charge in [-0.05, 0) is 62.6 Å². The number of hydrogen-bond acceptors (Lipinski definition) is 6. The lowest BCUT2D eigenvalue weighted by atomic mass is 9.91. The summed E-state index contributed by atoms with van der Waals surface area (Å²) >= 11 is 0. The Labute approximate surface area is 170 Å². The average molecular weight is 398 g/mol. The Morgan fingerprint density at radius 1 is 1.10 bits per heavy atom. The minimum absolute atomic E-state index is 0.0162. The number of fused-ring (bicyclic) bond motifs is 1. The van der Waals surface area contributed by atoms with E-state index in [4.69, 9.17) is 18.9 Å². The van der Waals surface area contributed by atoms with E-state index in [0.717, 1.165) is 6.42 Å². The van der Waals surface area contributed by atoms with Crippen molar-refractivity contribution in [2.75, 3.05) is 21.3 Å². The van der Waals surface area contributed by atoms with Crippen LogP contribution in [0.25, 0.3) is 6.08 Å². The van der Waals surface area contributed by atoms with Gasteiger partial charge in [-0.3, -0.25) is 4.79 Å². The van der Waals surface area contributed by atoms with Crippen LogP contribution in [-0.2, 0) is 6.42 Å². The normalized spacial score (nSPS) is 14.8. The van der Waals surface area contributed by atoms with Gasteiger partial charge in [-0.25, -0.2) is 0 Å². The van der Waals surface area contributed by atoms with Gasteiger partial charge in [0.05, 0.1) is 26.9 Å². The Morgan fingerprint density at radius 2 is 1.76 bits per heavy atom. The number of carbonyl (C=O) groups excluding carboxylic acids is 1. The Hall–Kier alpha value is -3.15. The quantitative estimate of drug-likeness (QED) is 0.574. The van der Waals surface area contributed by atoms with Gasteiger partial charge in [0.1, 0.15) is 17.1 Å². The van der Waals surface area contributed by atoms with Gasteiger partial charge in [0, 0.05) is 5.56 Å². The van der Waals surface area contributed by atoms with Crippen LogP contribution in [0, 0.1) is 0 Å². The number of methoxy groups -OCH3 is 3. The molecule has 0 bridgehead atoms. The van der Waals surface area contributed by atoms with Crippen molar-refractivity contribution in [3.63, 3.8) is 0 Å². The summed E-state index contributed by atoms with van der Waals surface area (Å²) in [5.74, 6) is 1.78. The summed E-state index contributed by atoms with van der Waals surface area (Å²) in [5.41, 5.74) is 1.35. The van der Waals surface area contributed by atoms with E-state index in [1.165, 1.54) is 27.4 Å². The molecule has 2 aromatic carbocycles. The van der Waals surface area contributed by atoms with E-state index in [0.29, 0.717) is 40.5 Å². The van der Waals surface area contributed by atoms with E-state index < -0.39 is 0 Å². The van der Waals surface area contributed by atoms with Gasteiger partial charge in [0.2, 0.25) is 5.75 Å². The van der Waals surface area contributed by atoms with Crippen LogP contribution >= 0.6 is 0 Å². The van der Waals surface area contributed by atoms with Crippen molar-refractivity contribution in [3.8, 4) is 28.7 Å². The topological polar surface area (TPSA) is 74.2 Å². The second-order valence-corrected chi connectivity index (χ2v) is 7.46. The highest BCUT2D eigenvalue weighted by Gasteiger charge is 2.29. The van der Waals surface area contributed by atoms with Crippen LogP contribution < -0.4 is 18.9 Å². The highest BCUT2D eigenvalue weighted by molar-refractivity contribution is 6.09. The van der Waals surface area contributed by atoms with Crippen LogP contribution in [0.2, 0.25) is 0 Å². The third kappa shape index (κ3) is 4.16. The molecule has 2 aromatic rings. The molecule has 0 radical (unpaired) electrons. The highest BCUT2D eigenvalue weighted by Crippen LogP contribution is 2.40. The molecule has 0 amide bonds. The van der Waals surface area contributed by atoms with Crippen molar-refractivity contribution in [1.29, 1.82) is 0 Å². The number of ketones is 1. The first-order valence-electron chi connectivity index (χ1n) is 9.36. The van der Waals surface area contributed by atoms with Crippen molar-refractivity contribution in [2.45, 2.75) is 32.3 Å². The van der Waals surface area contributed by atoms with Crippen LogP contribution in [0.3, 0.4) is 0 Å². The number of hydrogen-bond donors (Lipinski definition) is 1. The number of rotatable bonds is 6. The van der Waals surface area contributed by atoms with Crippen LogP contribution in [0.15, 0.2) is 30.3 Å². The van der Waals surface area contributed by atoms with E-state index in [2.05, 4.69) is 0 Å². The van der Waals surface area contributed by atoms with Crippen molar-refractivity contribution >= 4 is 11.9 Å². The predicted molar refractivity (Wildman–Crippen MR) is 111 cm³/mol. The Morgan fingerprint density at radius 3 is 2.34 bits per heavy atom. The van der Waals surface area contributed by atoms with Crippen LogP contribution in [0.1, 0.15) is 41.8 Å². The maximum absolute atomic E-state index is 12.7. The number of carbonyl (C=O) groups is 1. The molecule has 0 unspecified atom stereocenters. The van der Waals surface area contributed by atoms with E-state index in [-0.39, 0.29) is 22.7 Å². The summed E-state index contributed by atoms with van der Waals surface area (Å²) in [6, 6.07) is 6.83. The molecule has 0 aliphatic carbocycles. The molecule has 0 spiro atoms. The van der Waals surface area contributed by atoms with E-state index in [9.17, 15) is 9.90 Å². The second-order valence-electron chi connectivity index (χ2n) is 7.46. The standard InChI is InChI=1S/C23H26O6/c1-23(2)11-10-16-18(29-23)9-7-15(21(16)25)17(24)8-6-14-12-19(26-3)22(28-5)20(13-14)27-4/h6-9,12-13,25H,10-11H2,1-5H3/b8-6+. The molecule has 0 saturated heterocycles. The van der Waals surface area contributed by atoms with Gasteiger partial charge in [0.25, 0.3) is 0 Å². The molecule has 3 rings (SSSR count). The molecule has 6 heteroatoms. The first-order valence-corrected chi connectivity index (χ1v) is 9.36. The number of benzene rings is 2. The number of ether oxygens (including phenoxy) is 4. The summed E-state index contributed by atoms with van der Waals surface area (Å²) in [4.78, 5) is 12.7. The third-order valence-electron chi connectivity index (χ3n) is 4.98. The van der Waals surface area contributed by atoms with E-state index >= 15 is 0 Å². The van der Waals surface area contributed by atoms with Gasteiger partial charge in [-0.1, -0.05) is 6.08 Å². The second kappa shape index (κ2) is 8.07. The van der Waals surface area contributed by atoms with Gasteiger partial charge in [-0.2, -0.15) is 0 Å². The number of aromatic hydroxyl groups is 1. The summed E-state index contributed by atoms with van der Waals surface area (Å²) in [6.45, 7) is 4.01. The summed E-state index contributed by atoms with van der Waals surface area (Å²) in [5, 5.41) is 10.6. The zero-order valence-corrected chi connectivity index (χ0v) is 17.4. The van der Waals surface area contributed by atoms with Gasteiger partial charge in [-0.15, -0.1) is 0 Å². The molecule has 1 N–H and O–H groups in total. The van der Waals surface area contributed by atoms with Crippen molar-refractivity contribution in [2.24, 2.45) is 0 Å². The maximum atomic E-state index is 12.7.